The normalized spacial score (nSPS) is 31.3. The first kappa shape index (κ1) is 11.9. The number of aromatic nitrogens is 1. The summed E-state index contributed by atoms with van der Waals surface area (Å²) in [7, 11) is 0. The lowest BCUT2D eigenvalue weighted by atomic mass is 9.82. The molecule has 1 aromatic heterocycles. The molecule has 0 aliphatic carbocycles. The molecule has 3 rings (SSSR count). The van der Waals surface area contributed by atoms with Gasteiger partial charge in [-0.25, -0.2) is 0 Å². The quantitative estimate of drug-likeness (QED) is 0.800. The molecule has 2 bridgehead atoms. The summed E-state index contributed by atoms with van der Waals surface area (Å²) in [5.74, 6) is 0.893. The molecule has 2 aliphatic rings. The minimum absolute atomic E-state index is 0.0712. The molecule has 98 valence electrons. The number of Topliss-reactive ketones (excluding diaryl/α,β-unsaturated/α-hetero) is 1. The van der Waals surface area contributed by atoms with Crippen molar-refractivity contribution in [2.24, 2.45) is 5.92 Å². The van der Waals surface area contributed by atoms with Crippen LogP contribution in [0.3, 0.4) is 0 Å². The zero-order valence-corrected chi connectivity index (χ0v) is 10.7. The third-order valence-electron chi connectivity index (χ3n) is 3.90. The number of nitrogens with zero attached hydrogens (tertiary/aromatic N) is 1. The maximum atomic E-state index is 12.6. The number of rotatable bonds is 2. The van der Waals surface area contributed by atoms with Gasteiger partial charge in [-0.15, -0.1) is 0 Å². The number of piperidine rings is 1. The van der Waals surface area contributed by atoms with Crippen molar-refractivity contribution < 1.29 is 14.1 Å². The fourth-order valence-corrected chi connectivity index (χ4v) is 3.09. The molecular formula is C13H18N2O3. The number of hydrogen-bond acceptors (Lipinski definition) is 5. The Morgan fingerprint density at radius 3 is 2.50 bits per heavy atom. The van der Waals surface area contributed by atoms with E-state index in [1.54, 1.807) is 6.92 Å². The molecule has 2 unspecified atom stereocenters. The van der Waals surface area contributed by atoms with Crippen LogP contribution in [0.15, 0.2) is 4.52 Å². The van der Waals surface area contributed by atoms with Gasteiger partial charge in [0.05, 0.1) is 24.5 Å². The monoisotopic (exact) mass is 250 g/mol. The number of ether oxygens (including phenoxy) is 1. The third kappa shape index (κ3) is 1.97. The van der Waals surface area contributed by atoms with Crippen molar-refractivity contribution in [2.75, 3.05) is 13.2 Å². The Balaban J connectivity index is 1.81. The van der Waals surface area contributed by atoms with E-state index in [4.69, 9.17) is 9.26 Å². The predicted octanol–water partition coefficient (Wildman–Crippen LogP) is 1.24. The van der Waals surface area contributed by atoms with Gasteiger partial charge in [0, 0.05) is 18.0 Å². The molecular weight excluding hydrogens is 232 g/mol. The largest absolute Gasteiger partial charge is 0.378 e. The van der Waals surface area contributed by atoms with Crippen LogP contribution in [0.25, 0.3) is 0 Å². The summed E-state index contributed by atoms with van der Waals surface area (Å²) in [6, 6.07) is 0.624. The first-order valence-electron chi connectivity index (χ1n) is 6.46. The Morgan fingerprint density at radius 2 is 1.94 bits per heavy atom. The fraction of sp³-hybridized carbons (Fsp3) is 0.692. The Hall–Kier alpha value is -1.20. The average molecular weight is 250 g/mol. The van der Waals surface area contributed by atoms with E-state index in [9.17, 15) is 4.79 Å². The van der Waals surface area contributed by atoms with Crippen molar-refractivity contribution in [2.45, 2.75) is 38.8 Å². The molecule has 1 aromatic rings. The lowest BCUT2D eigenvalue weighted by molar-refractivity contribution is 0.00949. The molecule has 0 spiro atoms. The molecule has 5 heteroatoms. The number of fused-ring (bicyclic) bond motifs is 2. The smallest absolute Gasteiger partial charge is 0.171 e. The van der Waals surface area contributed by atoms with E-state index in [0.717, 1.165) is 12.8 Å². The van der Waals surface area contributed by atoms with Crippen LogP contribution in [0.1, 0.15) is 34.7 Å². The molecule has 2 atom stereocenters. The second-order valence-electron chi connectivity index (χ2n) is 5.33. The van der Waals surface area contributed by atoms with Crippen LogP contribution in [-0.2, 0) is 4.74 Å². The maximum absolute atomic E-state index is 12.6. The minimum Gasteiger partial charge on any atom is -0.378 e. The molecule has 2 fully saturated rings. The summed E-state index contributed by atoms with van der Waals surface area (Å²) in [6.07, 6.45) is 1.69. The van der Waals surface area contributed by atoms with E-state index in [0.29, 0.717) is 42.3 Å². The van der Waals surface area contributed by atoms with Gasteiger partial charge in [-0.2, -0.15) is 0 Å². The van der Waals surface area contributed by atoms with Crippen molar-refractivity contribution in [3.8, 4) is 0 Å². The molecule has 2 saturated heterocycles. The third-order valence-corrected chi connectivity index (χ3v) is 3.90. The van der Waals surface area contributed by atoms with Gasteiger partial charge in [0.2, 0.25) is 0 Å². The van der Waals surface area contributed by atoms with Crippen LogP contribution in [0.2, 0.25) is 0 Å². The molecule has 5 nitrogen and oxygen atoms in total. The van der Waals surface area contributed by atoms with Crippen LogP contribution in [0.5, 0.6) is 0 Å². The molecule has 0 amide bonds. The van der Waals surface area contributed by atoms with Crippen molar-refractivity contribution in [3.63, 3.8) is 0 Å². The fourth-order valence-electron chi connectivity index (χ4n) is 3.09. The maximum Gasteiger partial charge on any atom is 0.171 e. The van der Waals surface area contributed by atoms with Gasteiger partial charge in [0.25, 0.3) is 0 Å². The van der Waals surface area contributed by atoms with E-state index in [-0.39, 0.29) is 11.7 Å². The SMILES string of the molecule is Cc1noc(C)c1C(=O)C1CC2COCC(C1)N2. The van der Waals surface area contributed by atoms with Crippen LogP contribution in [-0.4, -0.2) is 36.2 Å². The summed E-state index contributed by atoms with van der Waals surface area (Å²) >= 11 is 0. The average Bonchev–Trinajstić information content (AvgIpc) is 2.68. The Labute approximate surface area is 106 Å². The summed E-state index contributed by atoms with van der Waals surface area (Å²) in [5.41, 5.74) is 1.39. The Kier molecular flexibility index (Phi) is 2.95. The first-order valence-corrected chi connectivity index (χ1v) is 6.46. The van der Waals surface area contributed by atoms with Crippen LogP contribution < -0.4 is 5.32 Å². The topological polar surface area (TPSA) is 64.4 Å². The number of carbonyl (C=O) groups excluding carboxylic acids is 1. The van der Waals surface area contributed by atoms with Gasteiger partial charge >= 0.3 is 0 Å². The molecule has 0 saturated carbocycles. The van der Waals surface area contributed by atoms with E-state index >= 15 is 0 Å². The van der Waals surface area contributed by atoms with Gasteiger partial charge in [-0.1, -0.05) is 5.16 Å². The summed E-state index contributed by atoms with van der Waals surface area (Å²) in [6.45, 7) is 5.05. The van der Waals surface area contributed by atoms with Crippen LogP contribution in [0, 0.1) is 19.8 Å². The molecule has 0 radical (unpaired) electrons. The van der Waals surface area contributed by atoms with E-state index in [1.165, 1.54) is 0 Å². The molecule has 3 heterocycles. The lowest BCUT2D eigenvalue weighted by Gasteiger charge is -2.39. The summed E-state index contributed by atoms with van der Waals surface area (Å²) < 4.78 is 10.6. The molecule has 1 N–H and O–H groups in total. The zero-order chi connectivity index (χ0) is 12.7. The zero-order valence-electron chi connectivity index (χ0n) is 10.7. The number of aryl methyl sites for hydroxylation is 2. The van der Waals surface area contributed by atoms with Gasteiger partial charge in [-0.3, -0.25) is 4.79 Å². The van der Waals surface area contributed by atoms with Crippen molar-refractivity contribution in [1.82, 2.24) is 10.5 Å². The Bertz CT molecular complexity index is 437. The summed E-state index contributed by atoms with van der Waals surface area (Å²) in [4.78, 5) is 12.6. The number of ketones is 1. The number of hydrogen-bond donors (Lipinski definition) is 1. The summed E-state index contributed by atoms with van der Waals surface area (Å²) in [5, 5.41) is 7.36. The highest BCUT2D eigenvalue weighted by Crippen LogP contribution is 2.29. The molecule has 0 aromatic carbocycles. The Morgan fingerprint density at radius 1 is 1.28 bits per heavy atom. The van der Waals surface area contributed by atoms with Gasteiger partial charge in [-0.05, 0) is 26.7 Å². The highest BCUT2D eigenvalue weighted by molar-refractivity contribution is 5.99. The number of morpholine rings is 1. The van der Waals surface area contributed by atoms with Gasteiger partial charge in [0.1, 0.15) is 5.76 Å². The highest BCUT2D eigenvalue weighted by atomic mass is 16.5. The lowest BCUT2D eigenvalue weighted by Crippen LogP contribution is -2.55. The predicted molar refractivity (Wildman–Crippen MR) is 64.6 cm³/mol. The van der Waals surface area contributed by atoms with Gasteiger partial charge < -0.3 is 14.6 Å². The number of nitrogens with one attached hydrogen (secondary N) is 1. The minimum atomic E-state index is 0.0712. The number of carbonyl (C=O) groups is 1. The van der Waals surface area contributed by atoms with Crippen LogP contribution in [0.4, 0.5) is 0 Å². The standard InChI is InChI=1S/C13H18N2O3/c1-7-12(8(2)18-15-7)13(16)9-3-10-5-17-6-11(4-9)14-10/h9-11,14H,3-6H2,1-2H3. The van der Waals surface area contributed by atoms with E-state index in [2.05, 4.69) is 10.5 Å². The van der Waals surface area contributed by atoms with Crippen molar-refractivity contribution in [1.29, 1.82) is 0 Å². The second kappa shape index (κ2) is 4.48. The molecule has 18 heavy (non-hydrogen) atoms. The van der Waals surface area contributed by atoms with Crippen LogP contribution >= 0.6 is 0 Å². The molecule has 2 aliphatic heterocycles. The second-order valence-corrected chi connectivity index (χ2v) is 5.33. The van der Waals surface area contributed by atoms with Crippen molar-refractivity contribution >= 4 is 5.78 Å². The van der Waals surface area contributed by atoms with E-state index in [1.807, 2.05) is 6.92 Å². The highest BCUT2D eigenvalue weighted by Gasteiger charge is 2.37. The van der Waals surface area contributed by atoms with Crippen molar-refractivity contribution in [3.05, 3.63) is 17.0 Å². The van der Waals surface area contributed by atoms with E-state index < -0.39 is 0 Å². The first-order chi connectivity index (χ1) is 8.65. The van der Waals surface area contributed by atoms with Gasteiger partial charge in [0.15, 0.2) is 5.78 Å².